The molecule has 1 aromatic heterocycles. The Bertz CT molecular complexity index is 450. The molecule has 0 aromatic carbocycles. The van der Waals surface area contributed by atoms with Crippen molar-refractivity contribution < 1.29 is 9.53 Å². The second-order valence-corrected chi connectivity index (χ2v) is 5.58. The van der Waals surface area contributed by atoms with E-state index in [0.717, 1.165) is 23.9 Å². The van der Waals surface area contributed by atoms with Crippen LogP contribution in [0.3, 0.4) is 0 Å². The molecule has 0 bridgehead atoms. The lowest BCUT2D eigenvalue weighted by Crippen LogP contribution is -2.41. The van der Waals surface area contributed by atoms with Gasteiger partial charge in [0, 0.05) is 17.3 Å². The van der Waals surface area contributed by atoms with E-state index < -0.39 is 0 Å². The van der Waals surface area contributed by atoms with Gasteiger partial charge in [0.1, 0.15) is 5.15 Å². The Morgan fingerprint density at radius 1 is 1.72 bits per heavy atom. The molecule has 18 heavy (non-hydrogen) atoms. The third-order valence-electron chi connectivity index (χ3n) is 2.93. The number of carbonyl (C=O) groups excluding carboxylic acids is 1. The number of ether oxygens (including phenoxy) is 1. The molecule has 98 valence electrons. The van der Waals surface area contributed by atoms with Crippen molar-refractivity contribution in [1.82, 2.24) is 10.3 Å². The highest BCUT2D eigenvalue weighted by Crippen LogP contribution is 2.19. The van der Waals surface area contributed by atoms with Crippen molar-refractivity contribution in [2.24, 2.45) is 0 Å². The maximum absolute atomic E-state index is 12.1. The normalized spacial score (nSPS) is 20.7. The van der Waals surface area contributed by atoms with Crippen molar-refractivity contribution in [3.63, 3.8) is 0 Å². The fourth-order valence-electron chi connectivity index (χ4n) is 1.96. The molecule has 2 rings (SSSR count). The molecule has 1 saturated heterocycles. The van der Waals surface area contributed by atoms with Gasteiger partial charge in [-0.2, -0.15) is 0 Å². The van der Waals surface area contributed by atoms with Gasteiger partial charge in [0.25, 0.3) is 5.91 Å². The summed E-state index contributed by atoms with van der Waals surface area (Å²) in [5, 5.41) is 3.10. The fourth-order valence-corrected chi connectivity index (χ4v) is 2.48. The Morgan fingerprint density at radius 2 is 2.50 bits per heavy atom. The number of hydrogen-bond acceptors (Lipinski definition) is 3. The Morgan fingerprint density at radius 3 is 3.17 bits per heavy atom. The van der Waals surface area contributed by atoms with Gasteiger partial charge in [-0.1, -0.05) is 11.6 Å². The summed E-state index contributed by atoms with van der Waals surface area (Å²) < 4.78 is 6.26. The van der Waals surface area contributed by atoms with Gasteiger partial charge in [-0.05, 0) is 41.8 Å². The van der Waals surface area contributed by atoms with Crippen LogP contribution in [0.4, 0.5) is 0 Å². The Labute approximate surface area is 119 Å². The van der Waals surface area contributed by atoms with Gasteiger partial charge in [-0.3, -0.25) is 4.79 Å². The van der Waals surface area contributed by atoms with Crippen LogP contribution in [0.2, 0.25) is 5.15 Å². The highest BCUT2D eigenvalue weighted by Gasteiger charge is 2.24. The molecule has 1 aliphatic rings. The topological polar surface area (TPSA) is 51.2 Å². The monoisotopic (exact) mass is 332 g/mol. The number of rotatable bonds is 3. The van der Waals surface area contributed by atoms with Crippen LogP contribution in [-0.2, 0) is 4.74 Å². The average Bonchev–Trinajstić information content (AvgIpc) is 2.85. The van der Waals surface area contributed by atoms with Gasteiger partial charge in [-0.25, -0.2) is 4.98 Å². The van der Waals surface area contributed by atoms with Crippen LogP contribution < -0.4 is 5.32 Å². The van der Waals surface area contributed by atoms with Crippen molar-refractivity contribution in [1.29, 1.82) is 0 Å². The number of nitrogens with zero attached hydrogens (tertiary/aromatic N) is 1. The molecule has 0 radical (unpaired) electrons. The maximum atomic E-state index is 12.1. The van der Waals surface area contributed by atoms with E-state index in [1.807, 2.05) is 6.92 Å². The predicted molar refractivity (Wildman–Crippen MR) is 72.8 cm³/mol. The second kappa shape index (κ2) is 5.99. The predicted octanol–water partition coefficient (Wildman–Crippen LogP) is 2.79. The summed E-state index contributed by atoms with van der Waals surface area (Å²) in [5.74, 6) is -0.225. The first-order valence-corrected chi connectivity index (χ1v) is 6.98. The molecule has 4 nitrogen and oxygen atoms in total. The van der Waals surface area contributed by atoms with Crippen molar-refractivity contribution in [2.75, 3.05) is 6.61 Å². The van der Waals surface area contributed by atoms with E-state index in [2.05, 4.69) is 26.2 Å². The lowest BCUT2D eigenvalue weighted by Gasteiger charge is -2.20. The van der Waals surface area contributed by atoms with E-state index in [1.54, 1.807) is 12.3 Å². The lowest BCUT2D eigenvalue weighted by molar-refractivity contribution is 0.0712. The lowest BCUT2D eigenvalue weighted by atomic mass is 10.1. The SMILES string of the molecule is CC(NC(=O)c1cc(Br)cnc1Cl)C1CCCO1. The van der Waals surface area contributed by atoms with E-state index in [0.29, 0.717) is 5.56 Å². The van der Waals surface area contributed by atoms with Crippen LogP contribution in [-0.4, -0.2) is 29.6 Å². The minimum absolute atomic E-state index is 0.0324. The first-order valence-electron chi connectivity index (χ1n) is 5.81. The molecule has 2 atom stereocenters. The molecule has 1 N–H and O–H groups in total. The molecule has 6 heteroatoms. The van der Waals surface area contributed by atoms with Crippen LogP contribution in [0.25, 0.3) is 0 Å². The van der Waals surface area contributed by atoms with Gasteiger partial charge in [0.2, 0.25) is 0 Å². The van der Waals surface area contributed by atoms with Gasteiger partial charge < -0.3 is 10.1 Å². The Hall–Kier alpha value is -0.650. The number of halogens is 2. The smallest absolute Gasteiger partial charge is 0.254 e. The summed E-state index contributed by atoms with van der Waals surface area (Å²) in [6.45, 7) is 2.71. The number of aromatic nitrogens is 1. The van der Waals surface area contributed by atoms with Crippen LogP contribution in [0, 0.1) is 0 Å². The molecule has 1 amide bonds. The van der Waals surface area contributed by atoms with Crippen molar-refractivity contribution in [3.05, 3.63) is 27.5 Å². The van der Waals surface area contributed by atoms with E-state index >= 15 is 0 Å². The van der Waals surface area contributed by atoms with E-state index in [1.165, 1.54) is 0 Å². The molecular formula is C12H14BrClN2O2. The Kier molecular flexibility index (Phi) is 4.59. The average molecular weight is 334 g/mol. The number of nitrogens with one attached hydrogen (secondary N) is 1. The molecule has 0 saturated carbocycles. The minimum Gasteiger partial charge on any atom is -0.376 e. The maximum Gasteiger partial charge on any atom is 0.254 e. The third-order valence-corrected chi connectivity index (χ3v) is 3.67. The molecule has 2 unspecified atom stereocenters. The first kappa shape index (κ1) is 13.8. The molecule has 0 spiro atoms. The van der Waals surface area contributed by atoms with Crippen LogP contribution in [0.15, 0.2) is 16.7 Å². The molecule has 1 fully saturated rings. The molecule has 2 heterocycles. The summed E-state index contributed by atoms with van der Waals surface area (Å²) in [7, 11) is 0. The summed E-state index contributed by atoms with van der Waals surface area (Å²) in [6, 6.07) is 1.63. The largest absolute Gasteiger partial charge is 0.376 e. The minimum atomic E-state index is -0.225. The van der Waals surface area contributed by atoms with Crippen LogP contribution in [0.5, 0.6) is 0 Å². The zero-order chi connectivity index (χ0) is 13.1. The Balaban J connectivity index is 2.04. The molecule has 1 aromatic rings. The van der Waals surface area contributed by atoms with Gasteiger partial charge in [0.15, 0.2) is 0 Å². The van der Waals surface area contributed by atoms with Gasteiger partial charge >= 0.3 is 0 Å². The van der Waals surface area contributed by atoms with Crippen molar-refractivity contribution >= 4 is 33.4 Å². The summed E-state index contributed by atoms with van der Waals surface area (Å²) >= 11 is 9.18. The number of hydrogen-bond donors (Lipinski definition) is 1. The molecule has 1 aliphatic heterocycles. The zero-order valence-corrected chi connectivity index (χ0v) is 12.3. The number of amides is 1. The standard InChI is InChI=1S/C12H14BrClN2O2/c1-7(10-3-2-4-18-10)16-12(17)9-5-8(13)6-15-11(9)14/h5-7,10H,2-4H2,1H3,(H,16,17). The van der Waals surface area contributed by atoms with E-state index in [-0.39, 0.29) is 23.2 Å². The van der Waals surface area contributed by atoms with Gasteiger partial charge in [0.05, 0.1) is 17.7 Å². The summed E-state index contributed by atoms with van der Waals surface area (Å²) in [5.41, 5.74) is 0.371. The molecule has 0 aliphatic carbocycles. The third kappa shape index (κ3) is 3.22. The van der Waals surface area contributed by atoms with Crippen LogP contribution >= 0.6 is 27.5 Å². The van der Waals surface area contributed by atoms with Gasteiger partial charge in [-0.15, -0.1) is 0 Å². The van der Waals surface area contributed by atoms with Crippen LogP contribution in [0.1, 0.15) is 30.1 Å². The highest BCUT2D eigenvalue weighted by molar-refractivity contribution is 9.10. The number of carbonyl (C=O) groups is 1. The quantitative estimate of drug-likeness (QED) is 0.865. The summed E-state index contributed by atoms with van der Waals surface area (Å²) in [6.07, 6.45) is 3.67. The number of pyridine rings is 1. The highest BCUT2D eigenvalue weighted by atomic mass is 79.9. The molecular weight excluding hydrogens is 320 g/mol. The second-order valence-electron chi connectivity index (χ2n) is 4.31. The fraction of sp³-hybridized carbons (Fsp3) is 0.500. The summed E-state index contributed by atoms with van der Waals surface area (Å²) in [4.78, 5) is 16.0. The van der Waals surface area contributed by atoms with E-state index in [4.69, 9.17) is 16.3 Å². The van der Waals surface area contributed by atoms with Crippen molar-refractivity contribution in [2.45, 2.75) is 31.9 Å². The van der Waals surface area contributed by atoms with E-state index in [9.17, 15) is 4.79 Å². The first-order chi connectivity index (χ1) is 8.58. The van der Waals surface area contributed by atoms with Crippen molar-refractivity contribution in [3.8, 4) is 0 Å². The zero-order valence-electron chi connectivity index (χ0n) is 9.95.